The van der Waals surface area contributed by atoms with Crippen molar-refractivity contribution in [1.29, 1.82) is 0 Å². The number of ether oxygens (including phenoxy) is 2. The zero-order chi connectivity index (χ0) is 30.4. The van der Waals surface area contributed by atoms with Crippen molar-refractivity contribution in [3.63, 3.8) is 0 Å². The third-order valence-electron chi connectivity index (χ3n) is 6.08. The van der Waals surface area contributed by atoms with Crippen molar-refractivity contribution in [3.05, 3.63) is 71.4 Å². The molecular formula is C31H40ClN5O5. The molecule has 1 heterocycles. The molecule has 3 rings (SSSR count). The molecule has 2 aromatic carbocycles. The number of fused-ring (bicyclic) bond motifs is 1. The highest BCUT2D eigenvalue weighted by atomic mass is 35.5. The number of hydrogen-bond acceptors (Lipinski definition) is 7. The van der Waals surface area contributed by atoms with Crippen LogP contribution in [0.2, 0.25) is 5.02 Å². The van der Waals surface area contributed by atoms with E-state index in [0.29, 0.717) is 50.3 Å². The Balaban J connectivity index is 1.41. The molecule has 0 saturated carbocycles. The third-order valence-corrected chi connectivity index (χ3v) is 6.32. The fourth-order valence-corrected chi connectivity index (χ4v) is 4.24. The number of rotatable bonds is 14. The Morgan fingerprint density at radius 2 is 1.67 bits per heavy atom. The van der Waals surface area contributed by atoms with Crippen molar-refractivity contribution in [2.45, 2.75) is 64.7 Å². The molecule has 0 aliphatic carbocycles. The molecule has 1 aromatic heterocycles. The second kappa shape index (κ2) is 16.4. The molecule has 0 spiro atoms. The Labute approximate surface area is 251 Å². The van der Waals surface area contributed by atoms with Crippen molar-refractivity contribution in [2.75, 3.05) is 25.0 Å². The fraction of sp³-hybridized carbons (Fsp3) is 0.419. The maximum absolute atomic E-state index is 13.0. The standard InChI is InChI=1S/C31H40ClN5O5/c1-31(2,3)42-30(40)37-26(12-7-8-16-36-29(39)41-21-22-10-5-4-6-11-22)28(38)35-18-9-17-33-25-15-19-34-27-20-23(32)13-14-24(25)27/h4-6,10-11,13-15,19-20,26H,7-9,12,16-18,21H2,1-3H3,(H,33,34)(H,35,38)(H,36,39)(H,37,40)/t26-/m0/s1. The molecule has 3 aromatic rings. The second-order valence-electron chi connectivity index (χ2n) is 10.8. The van der Waals surface area contributed by atoms with E-state index in [1.165, 1.54) is 0 Å². The van der Waals surface area contributed by atoms with Gasteiger partial charge < -0.3 is 30.7 Å². The van der Waals surface area contributed by atoms with Crippen molar-refractivity contribution in [1.82, 2.24) is 20.9 Å². The molecule has 3 amide bonds. The number of pyridine rings is 1. The Morgan fingerprint density at radius 3 is 2.43 bits per heavy atom. The lowest BCUT2D eigenvalue weighted by Crippen LogP contribution is -2.48. The Hall–Kier alpha value is -4.05. The smallest absolute Gasteiger partial charge is 0.408 e. The SMILES string of the molecule is CC(C)(C)OC(=O)N[C@@H](CCCCNC(=O)OCc1ccccc1)C(=O)NCCCNc1ccnc2cc(Cl)ccc12. The summed E-state index contributed by atoms with van der Waals surface area (Å²) >= 11 is 6.07. The van der Waals surface area contributed by atoms with Crippen molar-refractivity contribution >= 4 is 46.3 Å². The van der Waals surface area contributed by atoms with Crippen LogP contribution in [-0.2, 0) is 20.9 Å². The molecule has 0 aliphatic heterocycles. The summed E-state index contributed by atoms with van der Waals surface area (Å²) in [5.41, 5.74) is 1.95. The van der Waals surface area contributed by atoms with E-state index in [1.807, 2.05) is 54.6 Å². The molecule has 10 nitrogen and oxygen atoms in total. The molecule has 0 radical (unpaired) electrons. The summed E-state index contributed by atoms with van der Waals surface area (Å²) in [7, 11) is 0. The van der Waals surface area contributed by atoms with E-state index in [2.05, 4.69) is 26.3 Å². The van der Waals surface area contributed by atoms with Crippen molar-refractivity contribution in [2.24, 2.45) is 0 Å². The van der Waals surface area contributed by atoms with Gasteiger partial charge in [0, 0.05) is 41.9 Å². The maximum atomic E-state index is 13.0. The Kier molecular flexibility index (Phi) is 12.7. The van der Waals surface area contributed by atoms with Gasteiger partial charge in [-0.05, 0) is 76.3 Å². The van der Waals surface area contributed by atoms with E-state index < -0.39 is 23.8 Å². The molecule has 0 saturated heterocycles. The minimum atomic E-state index is -0.772. The van der Waals surface area contributed by atoms with Crippen molar-refractivity contribution < 1.29 is 23.9 Å². The molecule has 0 bridgehead atoms. The average molecular weight is 598 g/mol. The van der Waals surface area contributed by atoms with Gasteiger partial charge in [0.2, 0.25) is 5.91 Å². The van der Waals surface area contributed by atoms with E-state index in [-0.39, 0.29) is 12.5 Å². The van der Waals surface area contributed by atoms with Crippen LogP contribution in [0.25, 0.3) is 10.9 Å². The summed E-state index contributed by atoms with van der Waals surface area (Å²) in [6, 6.07) is 16.1. The summed E-state index contributed by atoms with van der Waals surface area (Å²) < 4.78 is 10.6. The number of nitrogens with zero attached hydrogens (tertiary/aromatic N) is 1. The van der Waals surface area contributed by atoms with Gasteiger partial charge in [-0.1, -0.05) is 41.9 Å². The highest BCUT2D eigenvalue weighted by molar-refractivity contribution is 6.31. The lowest BCUT2D eigenvalue weighted by Gasteiger charge is -2.23. The summed E-state index contributed by atoms with van der Waals surface area (Å²) in [6.07, 6.45) is 2.81. The predicted molar refractivity (Wildman–Crippen MR) is 165 cm³/mol. The number of carbonyl (C=O) groups is 3. The number of alkyl carbamates (subject to hydrolysis) is 2. The summed E-state index contributed by atoms with van der Waals surface area (Å²) in [5, 5.41) is 13.3. The van der Waals surface area contributed by atoms with Crippen molar-refractivity contribution in [3.8, 4) is 0 Å². The Bertz CT molecular complexity index is 1320. The van der Waals surface area contributed by atoms with E-state index >= 15 is 0 Å². The number of anilines is 1. The van der Waals surface area contributed by atoms with Crippen LogP contribution in [0.15, 0.2) is 60.8 Å². The normalized spacial score (nSPS) is 11.8. The number of benzene rings is 2. The molecule has 226 valence electrons. The number of hydrogen-bond donors (Lipinski definition) is 4. The van der Waals surface area contributed by atoms with Crippen LogP contribution < -0.4 is 21.3 Å². The first-order valence-electron chi connectivity index (χ1n) is 14.1. The van der Waals surface area contributed by atoms with E-state index in [4.69, 9.17) is 21.1 Å². The molecule has 42 heavy (non-hydrogen) atoms. The molecule has 11 heteroatoms. The van der Waals surface area contributed by atoms with Gasteiger partial charge in [-0.15, -0.1) is 0 Å². The first kappa shape index (κ1) is 32.5. The largest absolute Gasteiger partial charge is 0.445 e. The first-order valence-corrected chi connectivity index (χ1v) is 14.5. The number of amides is 3. The molecule has 4 N–H and O–H groups in total. The van der Waals surface area contributed by atoms with Gasteiger partial charge in [-0.3, -0.25) is 9.78 Å². The maximum Gasteiger partial charge on any atom is 0.408 e. The summed E-state index contributed by atoms with van der Waals surface area (Å²) in [5.74, 6) is -0.292. The lowest BCUT2D eigenvalue weighted by molar-refractivity contribution is -0.123. The highest BCUT2D eigenvalue weighted by Gasteiger charge is 2.24. The predicted octanol–water partition coefficient (Wildman–Crippen LogP) is 5.80. The Morgan fingerprint density at radius 1 is 0.905 bits per heavy atom. The molecule has 0 aliphatic rings. The van der Waals surface area contributed by atoms with Crippen LogP contribution in [0.5, 0.6) is 0 Å². The van der Waals surface area contributed by atoms with Crippen LogP contribution in [0, 0.1) is 0 Å². The number of nitrogens with one attached hydrogen (secondary N) is 4. The summed E-state index contributed by atoms with van der Waals surface area (Å²) in [4.78, 5) is 41.7. The monoisotopic (exact) mass is 597 g/mol. The minimum absolute atomic E-state index is 0.193. The van der Waals surface area contributed by atoms with Crippen LogP contribution in [0.3, 0.4) is 0 Å². The molecule has 0 unspecified atom stereocenters. The number of halogens is 1. The van der Waals surface area contributed by atoms with E-state index in [1.54, 1.807) is 27.0 Å². The third kappa shape index (κ3) is 11.8. The minimum Gasteiger partial charge on any atom is -0.445 e. The lowest BCUT2D eigenvalue weighted by atomic mass is 10.1. The zero-order valence-electron chi connectivity index (χ0n) is 24.4. The van der Waals surface area contributed by atoms with Crippen LogP contribution in [0.1, 0.15) is 52.0 Å². The van der Waals surface area contributed by atoms with E-state index in [9.17, 15) is 14.4 Å². The van der Waals surface area contributed by atoms with Gasteiger partial charge >= 0.3 is 12.2 Å². The summed E-state index contributed by atoms with van der Waals surface area (Å²) in [6.45, 7) is 6.90. The quantitative estimate of drug-likeness (QED) is 0.173. The van der Waals surface area contributed by atoms with Crippen LogP contribution in [-0.4, -0.2) is 54.4 Å². The van der Waals surface area contributed by atoms with Gasteiger partial charge in [-0.2, -0.15) is 0 Å². The van der Waals surface area contributed by atoms with Crippen LogP contribution in [0.4, 0.5) is 15.3 Å². The van der Waals surface area contributed by atoms with Gasteiger partial charge in [0.1, 0.15) is 18.2 Å². The first-order chi connectivity index (χ1) is 20.1. The number of carbonyl (C=O) groups excluding carboxylic acids is 3. The van der Waals surface area contributed by atoms with Gasteiger partial charge in [0.05, 0.1) is 5.52 Å². The number of unbranched alkanes of at least 4 members (excludes halogenated alkanes) is 1. The average Bonchev–Trinajstić information content (AvgIpc) is 2.94. The zero-order valence-corrected chi connectivity index (χ0v) is 25.1. The van der Waals surface area contributed by atoms with Gasteiger partial charge in [-0.25, -0.2) is 9.59 Å². The number of aromatic nitrogens is 1. The van der Waals surface area contributed by atoms with Gasteiger partial charge in [0.25, 0.3) is 0 Å². The molecule has 1 atom stereocenters. The molecular weight excluding hydrogens is 558 g/mol. The van der Waals surface area contributed by atoms with Crippen LogP contribution >= 0.6 is 11.6 Å². The molecule has 0 fully saturated rings. The fourth-order valence-electron chi connectivity index (χ4n) is 4.08. The second-order valence-corrected chi connectivity index (χ2v) is 11.2. The van der Waals surface area contributed by atoms with E-state index in [0.717, 1.165) is 22.2 Å². The highest BCUT2D eigenvalue weighted by Crippen LogP contribution is 2.24. The topological polar surface area (TPSA) is 131 Å². The van der Waals surface area contributed by atoms with Gasteiger partial charge in [0.15, 0.2) is 0 Å².